The Labute approximate surface area is 184 Å². The number of benzene rings is 1. The van der Waals surface area contributed by atoms with Gasteiger partial charge in [0.1, 0.15) is 11.9 Å². The largest absolute Gasteiger partial charge is 0.439 e. The third-order valence-electron chi connectivity index (χ3n) is 5.94. The molecule has 1 N–H and O–H groups in total. The SMILES string of the molecule is CN=C(NCc1ccnc(Oc2ccc(C)c(C)c2)c1)N1CCOC(C2CCCO2)C1. The molecule has 1 aromatic heterocycles. The molecule has 7 nitrogen and oxygen atoms in total. The average Bonchev–Trinajstić information content (AvgIpc) is 3.32. The zero-order valence-corrected chi connectivity index (χ0v) is 18.6. The van der Waals surface area contributed by atoms with Crippen molar-refractivity contribution >= 4 is 5.96 Å². The smallest absolute Gasteiger partial charge is 0.219 e. The van der Waals surface area contributed by atoms with Gasteiger partial charge in [-0.1, -0.05) is 6.07 Å². The van der Waals surface area contributed by atoms with Gasteiger partial charge in [-0.2, -0.15) is 0 Å². The minimum Gasteiger partial charge on any atom is -0.439 e. The van der Waals surface area contributed by atoms with E-state index in [0.717, 1.165) is 49.8 Å². The van der Waals surface area contributed by atoms with Gasteiger partial charge in [-0.25, -0.2) is 4.98 Å². The average molecular weight is 425 g/mol. The van der Waals surface area contributed by atoms with E-state index in [1.807, 2.05) is 31.3 Å². The number of pyridine rings is 1. The molecular weight excluding hydrogens is 392 g/mol. The highest BCUT2D eigenvalue weighted by atomic mass is 16.5. The minimum atomic E-state index is 0.105. The number of aryl methyl sites for hydroxylation is 2. The Bertz CT molecular complexity index is 911. The molecule has 0 amide bonds. The zero-order valence-electron chi connectivity index (χ0n) is 18.6. The van der Waals surface area contributed by atoms with Crippen LogP contribution in [0.15, 0.2) is 41.5 Å². The molecule has 2 saturated heterocycles. The van der Waals surface area contributed by atoms with Gasteiger partial charge < -0.3 is 24.4 Å². The molecule has 2 aliphatic heterocycles. The van der Waals surface area contributed by atoms with Crippen molar-refractivity contribution < 1.29 is 14.2 Å². The number of rotatable bonds is 5. The van der Waals surface area contributed by atoms with Crippen molar-refractivity contribution in [2.45, 2.75) is 45.4 Å². The molecule has 2 atom stereocenters. The first kappa shape index (κ1) is 21.6. The summed E-state index contributed by atoms with van der Waals surface area (Å²) >= 11 is 0. The van der Waals surface area contributed by atoms with Crippen LogP contribution in [0.25, 0.3) is 0 Å². The summed E-state index contributed by atoms with van der Waals surface area (Å²) in [5.41, 5.74) is 3.53. The molecule has 2 aromatic rings. The molecule has 4 rings (SSSR count). The van der Waals surface area contributed by atoms with Gasteiger partial charge in [0.2, 0.25) is 5.88 Å². The number of guanidine groups is 1. The first-order valence-electron chi connectivity index (χ1n) is 11.0. The van der Waals surface area contributed by atoms with Crippen molar-refractivity contribution in [1.29, 1.82) is 0 Å². The van der Waals surface area contributed by atoms with Crippen molar-refractivity contribution in [3.8, 4) is 11.6 Å². The fourth-order valence-corrected chi connectivity index (χ4v) is 4.02. The lowest BCUT2D eigenvalue weighted by molar-refractivity contribution is -0.0817. The second-order valence-corrected chi connectivity index (χ2v) is 8.16. The highest BCUT2D eigenvalue weighted by Crippen LogP contribution is 2.23. The van der Waals surface area contributed by atoms with Crippen LogP contribution in [0.1, 0.15) is 29.5 Å². The van der Waals surface area contributed by atoms with Crippen LogP contribution < -0.4 is 10.1 Å². The predicted molar refractivity (Wildman–Crippen MR) is 121 cm³/mol. The van der Waals surface area contributed by atoms with E-state index in [2.05, 4.69) is 40.1 Å². The van der Waals surface area contributed by atoms with E-state index in [1.165, 1.54) is 11.1 Å². The summed E-state index contributed by atoms with van der Waals surface area (Å²) in [6, 6.07) is 10.0. The van der Waals surface area contributed by atoms with E-state index < -0.39 is 0 Å². The lowest BCUT2D eigenvalue weighted by atomic mass is 10.1. The Morgan fingerprint density at radius 2 is 2.03 bits per heavy atom. The first-order chi connectivity index (χ1) is 15.1. The summed E-state index contributed by atoms with van der Waals surface area (Å²) < 4.78 is 17.8. The number of hydrogen-bond donors (Lipinski definition) is 1. The summed E-state index contributed by atoms with van der Waals surface area (Å²) in [6.45, 7) is 7.95. The van der Waals surface area contributed by atoms with Crippen LogP contribution in [-0.2, 0) is 16.0 Å². The van der Waals surface area contributed by atoms with Gasteiger partial charge in [0, 0.05) is 45.6 Å². The van der Waals surface area contributed by atoms with E-state index in [9.17, 15) is 0 Å². The fourth-order valence-electron chi connectivity index (χ4n) is 4.02. The first-order valence-corrected chi connectivity index (χ1v) is 11.0. The molecule has 0 saturated carbocycles. The number of aliphatic imine (C=N–C) groups is 1. The van der Waals surface area contributed by atoms with E-state index in [4.69, 9.17) is 14.2 Å². The number of ether oxygens (including phenoxy) is 3. The molecule has 0 spiro atoms. The van der Waals surface area contributed by atoms with Gasteiger partial charge in [0.15, 0.2) is 5.96 Å². The Hall–Kier alpha value is -2.64. The maximum Gasteiger partial charge on any atom is 0.219 e. The minimum absolute atomic E-state index is 0.105. The van der Waals surface area contributed by atoms with Crippen LogP contribution in [-0.4, -0.2) is 61.4 Å². The Kier molecular flexibility index (Phi) is 7.04. The normalized spacial score (nSPS) is 21.9. The van der Waals surface area contributed by atoms with Crippen molar-refractivity contribution in [3.63, 3.8) is 0 Å². The second-order valence-electron chi connectivity index (χ2n) is 8.16. The monoisotopic (exact) mass is 424 g/mol. The Morgan fingerprint density at radius 3 is 2.81 bits per heavy atom. The quantitative estimate of drug-likeness (QED) is 0.586. The zero-order chi connectivity index (χ0) is 21.6. The number of nitrogens with zero attached hydrogens (tertiary/aromatic N) is 3. The number of aromatic nitrogens is 1. The van der Waals surface area contributed by atoms with Gasteiger partial charge in [0.25, 0.3) is 0 Å². The Balaban J connectivity index is 1.35. The molecule has 2 fully saturated rings. The van der Waals surface area contributed by atoms with Gasteiger partial charge in [0.05, 0.1) is 12.7 Å². The summed E-state index contributed by atoms with van der Waals surface area (Å²) in [4.78, 5) is 11.1. The molecule has 2 unspecified atom stereocenters. The van der Waals surface area contributed by atoms with Crippen molar-refractivity contribution in [1.82, 2.24) is 15.2 Å². The highest BCUT2D eigenvalue weighted by Gasteiger charge is 2.32. The van der Waals surface area contributed by atoms with Gasteiger partial charge in [-0.05, 0) is 61.6 Å². The van der Waals surface area contributed by atoms with Crippen LogP contribution in [0.2, 0.25) is 0 Å². The molecule has 0 bridgehead atoms. The molecule has 0 aliphatic carbocycles. The van der Waals surface area contributed by atoms with Gasteiger partial charge >= 0.3 is 0 Å². The molecule has 166 valence electrons. The maximum absolute atomic E-state index is 5.97. The van der Waals surface area contributed by atoms with Crippen LogP contribution in [0.5, 0.6) is 11.6 Å². The second kappa shape index (κ2) is 10.1. The van der Waals surface area contributed by atoms with Gasteiger partial charge in [-0.15, -0.1) is 0 Å². The van der Waals surface area contributed by atoms with Crippen LogP contribution in [0.4, 0.5) is 0 Å². The lowest BCUT2D eigenvalue weighted by Gasteiger charge is -2.37. The number of morpholine rings is 1. The molecule has 31 heavy (non-hydrogen) atoms. The fraction of sp³-hybridized carbons (Fsp3) is 0.500. The third-order valence-corrected chi connectivity index (χ3v) is 5.94. The van der Waals surface area contributed by atoms with E-state index in [1.54, 1.807) is 6.20 Å². The molecular formula is C24H32N4O3. The third kappa shape index (κ3) is 5.54. The van der Waals surface area contributed by atoms with E-state index in [-0.39, 0.29) is 12.2 Å². The standard InChI is InChI=1S/C24H32N4O3/c1-17-6-7-20(13-18(17)2)31-23-14-19(8-9-26-23)15-27-24(25-3)28-10-12-30-22(16-28)21-5-4-11-29-21/h6-9,13-14,21-22H,4-5,10-12,15-16H2,1-3H3,(H,25,27). The lowest BCUT2D eigenvalue weighted by Crippen LogP contribution is -2.53. The summed E-state index contributed by atoms with van der Waals surface area (Å²) in [5, 5.41) is 3.47. The number of hydrogen-bond acceptors (Lipinski definition) is 5. The molecule has 1 aromatic carbocycles. The van der Waals surface area contributed by atoms with Crippen LogP contribution >= 0.6 is 0 Å². The van der Waals surface area contributed by atoms with Crippen molar-refractivity contribution in [2.75, 3.05) is 33.4 Å². The highest BCUT2D eigenvalue weighted by molar-refractivity contribution is 5.80. The topological polar surface area (TPSA) is 68.2 Å². The van der Waals surface area contributed by atoms with Crippen LogP contribution in [0, 0.1) is 13.8 Å². The molecule has 2 aliphatic rings. The number of nitrogens with one attached hydrogen (secondary N) is 1. The molecule has 0 radical (unpaired) electrons. The van der Waals surface area contributed by atoms with Crippen molar-refractivity contribution in [3.05, 3.63) is 53.2 Å². The molecule has 3 heterocycles. The summed E-state index contributed by atoms with van der Waals surface area (Å²) in [5.74, 6) is 2.26. The van der Waals surface area contributed by atoms with E-state index in [0.29, 0.717) is 19.0 Å². The van der Waals surface area contributed by atoms with E-state index >= 15 is 0 Å². The predicted octanol–water partition coefficient (Wildman–Crippen LogP) is 3.45. The summed E-state index contributed by atoms with van der Waals surface area (Å²) in [6.07, 6.45) is 4.27. The van der Waals surface area contributed by atoms with Crippen molar-refractivity contribution in [2.24, 2.45) is 4.99 Å². The summed E-state index contributed by atoms with van der Waals surface area (Å²) in [7, 11) is 1.82. The van der Waals surface area contributed by atoms with Crippen LogP contribution in [0.3, 0.4) is 0 Å². The molecule has 7 heteroatoms. The Morgan fingerprint density at radius 1 is 1.16 bits per heavy atom. The maximum atomic E-state index is 5.97. The van der Waals surface area contributed by atoms with Gasteiger partial charge in [-0.3, -0.25) is 4.99 Å².